The van der Waals surface area contributed by atoms with E-state index in [0.29, 0.717) is 19.8 Å². The van der Waals surface area contributed by atoms with Crippen LogP contribution in [0.4, 0.5) is 5.69 Å². The molecule has 1 aromatic carbocycles. The predicted octanol–water partition coefficient (Wildman–Crippen LogP) is 1.93. The second kappa shape index (κ2) is 8.01. The normalized spacial score (nSPS) is 10.0. The number of nitrogens with one attached hydrogen (secondary N) is 1. The van der Waals surface area contributed by atoms with E-state index in [1.807, 2.05) is 6.92 Å². The third-order valence-corrected chi connectivity index (χ3v) is 2.52. The molecule has 0 aliphatic heterocycles. The lowest BCUT2D eigenvalue weighted by molar-refractivity contribution is -0.385. The number of carbonyl (C=O) groups excluding carboxylic acids is 1. The summed E-state index contributed by atoms with van der Waals surface area (Å²) >= 11 is 0. The molecule has 7 nitrogen and oxygen atoms in total. The van der Waals surface area contributed by atoms with Crippen molar-refractivity contribution in [2.45, 2.75) is 6.92 Å². The SMILES string of the molecule is C=C(C)COCCNC(=O)c1ccc([N+](=O)[O-])c(OC)c1. The van der Waals surface area contributed by atoms with Gasteiger partial charge in [-0.2, -0.15) is 0 Å². The summed E-state index contributed by atoms with van der Waals surface area (Å²) in [6.07, 6.45) is 0. The molecule has 1 N–H and O–H groups in total. The molecule has 21 heavy (non-hydrogen) atoms. The van der Waals surface area contributed by atoms with E-state index in [1.54, 1.807) is 0 Å². The summed E-state index contributed by atoms with van der Waals surface area (Å²) in [7, 11) is 1.31. The molecular weight excluding hydrogens is 276 g/mol. The lowest BCUT2D eigenvalue weighted by atomic mass is 10.2. The van der Waals surface area contributed by atoms with Crippen LogP contribution in [0.25, 0.3) is 0 Å². The van der Waals surface area contributed by atoms with Crippen molar-refractivity contribution in [3.8, 4) is 5.75 Å². The van der Waals surface area contributed by atoms with E-state index in [9.17, 15) is 14.9 Å². The summed E-state index contributed by atoms with van der Waals surface area (Å²) in [5.41, 5.74) is 1.01. The van der Waals surface area contributed by atoms with Gasteiger partial charge in [0.05, 0.1) is 25.2 Å². The highest BCUT2D eigenvalue weighted by atomic mass is 16.6. The van der Waals surface area contributed by atoms with Crippen LogP contribution in [0.2, 0.25) is 0 Å². The monoisotopic (exact) mass is 294 g/mol. The molecule has 0 bridgehead atoms. The van der Waals surface area contributed by atoms with Crippen molar-refractivity contribution in [1.82, 2.24) is 5.32 Å². The lowest BCUT2D eigenvalue weighted by Crippen LogP contribution is -2.27. The quantitative estimate of drug-likeness (QED) is 0.342. The molecule has 1 amide bonds. The molecule has 0 fully saturated rings. The minimum Gasteiger partial charge on any atom is -0.490 e. The van der Waals surface area contributed by atoms with E-state index in [1.165, 1.54) is 25.3 Å². The molecule has 0 heterocycles. The molecule has 0 saturated carbocycles. The van der Waals surface area contributed by atoms with Crippen molar-refractivity contribution < 1.29 is 19.2 Å². The van der Waals surface area contributed by atoms with Crippen molar-refractivity contribution >= 4 is 11.6 Å². The van der Waals surface area contributed by atoms with E-state index < -0.39 is 4.92 Å². The summed E-state index contributed by atoms with van der Waals surface area (Å²) in [4.78, 5) is 22.1. The van der Waals surface area contributed by atoms with E-state index in [0.717, 1.165) is 5.57 Å². The molecule has 0 aliphatic rings. The molecule has 0 saturated heterocycles. The predicted molar refractivity (Wildman–Crippen MR) is 77.6 cm³/mol. The molecule has 0 spiro atoms. The number of hydrogen-bond acceptors (Lipinski definition) is 5. The Morgan fingerprint density at radius 3 is 2.76 bits per heavy atom. The Labute approximate surface area is 122 Å². The van der Waals surface area contributed by atoms with Gasteiger partial charge in [0.15, 0.2) is 5.75 Å². The smallest absolute Gasteiger partial charge is 0.310 e. The standard InChI is InChI=1S/C14H18N2O5/c1-10(2)9-21-7-6-15-14(17)11-4-5-12(16(18)19)13(8-11)20-3/h4-5,8H,1,6-7,9H2,2-3H3,(H,15,17). The number of hydrogen-bond donors (Lipinski definition) is 1. The Balaban J connectivity index is 2.58. The molecule has 0 atom stereocenters. The number of amides is 1. The Hall–Kier alpha value is -2.41. The fraction of sp³-hybridized carbons (Fsp3) is 0.357. The van der Waals surface area contributed by atoms with Gasteiger partial charge in [0.2, 0.25) is 0 Å². The van der Waals surface area contributed by atoms with Crippen LogP contribution >= 0.6 is 0 Å². The molecule has 0 aliphatic carbocycles. The molecule has 1 aromatic rings. The molecule has 0 aromatic heterocycles. The number of methoxy groups -OCH3 is 1. The minimum atomic E-state index is -0.564. The van der Waals surface area contributed by atoms with Crippen molar-refractivity contribution in [3.05, 3.63) is 46.0 Å². The highest BCUT2D eigenvalue weighted by Crippen LogP contribution is 2.27. The van der Waals surface area contributed by atoms with Crippen molar-refractivity contribution in [2.24, 2.45) is 0 Å². The summed E-state index contributed by atoms with van der Waals surface area (Å²) in [6, 6.07) is 3.96. The zero-order valence-electron chi connectivity index (χ0n) is 12.0. The Kier molecular flexibility index (Phi) is 6.35. The van der Waals surface area contributed by atoms with Gasteiger partial charge in [0.1, 0.15) is 0 Å². The Morgan fingerprint density at radius 2 is 2.19 bits per heavy atom. The van der Waals surface area contributed by atoms with Crippen LogP contribution in [0.5, 0.6) is 5.75 Å². The highest BCUT2D eigenvalue weighted by Gasteiger charge is 2.17. The van der Waals surface area contributed by atoms with E-state index >= 15 is 0 Å². The summed E-state index contributed by atoms with van der Waals surface area (Å²) in [5, 5.41) is 13.4. The van der Waals surface area contributed by atoms with Gasteiger partial charge in [0.25, 0.3) is 5.91 Å². The maximum absolute atomic E-state index is 11.9. The number of nitrogens with zero attached hydrogens (tertiary/aromatic N) is 1. The molecule has 114 valence electrons. The Bertz CT molecular complexity index is 542. The third kappa shape index (κ3) is 5.23. The van der Waals surface area contributed by atoms with Crippen LogP contribution < -0.4 is 10.1 Å². The summed E-state index contributed by atoms with van der Waals surface area (Å²) in [5.74, 6) is -0.298. The lowest BCUT2D eigenvalue weighted by Gasteiger charge is -2.08. The maximum Gasteiger partial charge on any atom is 0.310 e. The van der Waals surface area contributed by atoms with Gasteiger partial charge in [-0.05, 0) is 13.0 Å². The fourth-order valence-electron chi connectivity index (χ4n) is 1.55. The highest BCUT2D eigenvalue weighted by molar-refractivity contribution is 5.95. The van der Waals surface area contributed by atoms with Crippen molar-refractivity contribution in [2.75, 3.05) is 26.9 Å². The van der Waals surface area contributed by atoms with Gasteiger partial charge in [-0.3, -0.25) is 14.9 Å². The average molecular weight is 294 g/mol. The first-order valence-electron chi connectivity index (χ1n) is 6.28. The van der Waals surface area contributed by atoms with Crippen LogP contribution in [0, 0.1) is 10.1 Å². The van der Waals surface area contributed by atoms with E-state index in [2.05, 4.69) is 11.9 Å². The summed E-state index contributed by atoms with van der Waals surface area (Å²) in [6.45, 7) is 6.69. The largest absolute Gasteiger partial charge is 0.490 e. The second-order valence-electron chi connectivity index (χ2n) is 4.41. The number of nitro benzene ring substituents is 1. The average Bonchev–Trinajstić information content (AvgIpc) is 2.45. The number of carbonyl (C=O) groups is 1. The molecule has 1 rings (SSSR count). The first kappa shape index (κ1) is 16.6. The first-order valence-corrected chi connectivity index (χ1v) is 6.28. The number of nitro groups is 1. The van der Waals surface area contributed by atoms with Crippen LogP contribution in [-0.2, 0) is 4.74 Å². The van der Waals surface area contributed by atoms with Crippen molar-refractivity contribution in [1.29, 1.82) is 0 Å². The van der Waals surface area contributed by atoms with Crippen LogP contribution in [0.15, 0.2) is 30.4 Å². The topological polar surface area (TPSA) is 90.7 Å². The van der Waals surface area contributed by atoms with Gasteiger partial charge < -0.3 is 14.8 Å². The second-order valence-corrected chi connectivity index (χ2v) is 4.41. The first-order chi connectivity index (χ1) is 9.95. The minimum absolute atomic E-state index is 0.0474. The van der Waals surface area contributed by atoms with Crippen LogP contribution in [0.1, 0.15) is 17.3 Å². The maximum atomic E-state index is 11.9. The molecular formula is C14H18N2O5. The van der Waals surface area contributed by atoms with Gasteiger partial charge in [-0.15, -0.1) is 0 Å². The van der Waals surface area contributed by atoms with Gasteiger partial charge >= 0.3 is 5.69 Å². The van der Waals surface area contributed by atoms with E-state index in [-0.39, 0.29) is 22.9 Å². The molecule has 0 radical (unpaired) electrons. The number of ether oxygens (including phenoxy) is 2. The van der Waals surface area contributed by atoms with Crippen LogP contribution in [-0.4, -0.2) is 37.7 Å². The zero-order valence-corrected chi connectivity index (χ0v) is 12.0. The number of benzene rings is 1. The number of rotatable bonds is 8. The van der Waals surface area contributed by atoms with Crippen molar-refractivity contribution in [3.63, 3.8) is 0 Å². The van der Waals surface area contributed by atoms with Gasteiger partial charge in [0, 0.05) is 24.2 Å². The fourth-order valence-corrected chi connectivity index (χ4v) is 1.55. The summed E-state index contributed by atoms with van der Waals surface area (Å²) < 4.78 is 10.2. The Morgan fingerprint density at radius 1 is 1.48 bits per heavy atom. The molecule has 7 heteroatoms. The van der Waals surface area contributed by atoms with Gasteiger partial charge in [-0.1, -0.05) is 12.2 Å². The third-order valence-electron chi connectivity index (χ3n) is 2.52. The van der Waals surface area contributed by atoms with E-state index in [4.69, 9.17) is 9.47 Å². The van der Waals surface area contributed by atoms with Gasteiger partial charge in [-0.25, -0.2) is 0 Å². The van der Waals surface area contributed by atoms with Crippen LogP contribution in [0.3, 0.4) is 0 Å². The molecule has 0 unspecified atom stereocenters. The zero-order chi connectivity index (χ0) is 15.8.